The number of carbonyl (C=O) groups excluding carboxylic acids is 1. The molecule has 0 bridgehead atoms. The Kier molecular flexibility index (Phi) is 4.71. The smallest absolute Gasteiger partial charge is 0.181 e. The first-order chi connectivity index (χ1) is 13.6. The highest BCUT2D eigenvalue weighted by atomic mass is 19.1. The number of nitrogens with zero attached hydrogens (tertiary/aromatic N) is 1. The van der Waals surface area contributed by atoms with Crippen LogP contribution < -0.4 is 5.32 Å². The van der Waals surface area contributed by atoms with Gasteiger partial charge in [-0.15, -0.1) is 0 Å². The van der Waals surface area contributed by atoms with Crippen molar-refractivity contribution in [3.05, 3.63) is 77.7 Å². The number of fused-ring (bicyclic) bond motifs is 1. The average Bonchev–Trinajstić information content (AvgIpc) is 3.16. The lowest BCUT2D eigenvalue weighted by Crippen LogP contribution is -2.08. The van der Waals surface area contributed by atoms with Crippen LogP contribution in [0.4, 0.5) is 8.78 Å². The summed E-state index contributed by atoms with van der Waals surface area (Å²) < 4.78 is 33.2. The number of aldehydes is 1. The van der Waals surface area contributed by atoms with Crippen LogP contribution in [0.1, 0.15) is 15.9 Å². The number of hydrogen-bond acceptors (Lipinski definition) is 4. The molecule has 1 N–H and O–H groups in total. The summed E-state index contributed by atoms with van der Waals surface area (Å²) in [6.45, 7) is 0.472. The Labute approximate surface area is 159 Å². The van der Waals surface area contributed by atoms with Gasteiger partial charge in [-0.25, -0.2) is 13.8 Å². The molecule has 0 saturated carbocycles. The van der Waals surface area contributed by atoms with E-state index in [-0.39, 0.29) is 5.56 Å². The molecule has 6 heteroatoms. The van der Waals surface area contributed by atoms with Crippen molar-refractivity contribution in [3.8, 4) is 22.3 Å². The number of nitrogens with one attached hydrogen (secondary N) is 1. The molecule has 0 aliphatic heterocycles. The third-order valence-electron chi connectivity index (χ3n) is 4.64. The quantitative estimate of drug-likeness (QED) is 0.498. The molecule has 0 aliphatic rings. The summed E-state index contributed by atoms with van der Waals surface area (Å²) in [4.78, 5) is 15.8. The van der Waals surface area contributed by atoms with Gasteiger partial charge >= 0.3 is 0 Å². The molecule has 4 nitrogen and oxygen atoms in total. The number of rotatable bonds is 5. The predicted octanol–water partition coefficient (Wildman–Crippen LogP) is 4.97. The van der Waals surface area contributed by atoms with E-state index in [0.29, 0.717) is 34.3 Å². The van der Waals surface area contributed by atoms with Crippen molar-refractivity contribution in [3.63, 3.8) is 0 Å². The molecule has 4 aromatic rings. The predicted molar refractivity (Wildman–Crippen MR) is 103 cm³/mol. The van der Waals surface area contributed by atoms with E-state index in [1.807, 2.05) is 18.2 Å². The van der Waals surface area contributed by atoms with Gasteiger partial charge < -0.3 is 9.73 Å². The molecular formula is C22H16F2N2O2. The zero-order valence-electron chi connectivity index (χ0n) is 15.0. The van der Waals surface area contributed by atoms with Crippen LogP contribution in [-0.4, -0.2) is 18.3 Å². The third kappa shape index (κ3) is 3.18. The normalized spacial score (nSPS) is 11.1. The van der Waals surface area contributed by atoms with Crippen LogP contribution in [0.2, 0.25) is 0 Å². The fraction of sp³-hybridized carbons (Fsp3) is 0.0909. The zero-order valence-corrected chi connectivity index (χ0v) is 15.0. The monoisotopic (exact) mass is 378 g/mol. The zero-order chi connectivity index (χ0) is 19.7. The SMILES string of the molecule is CNCc1cc(-c2ccc3ocnc3c2)c(-c2ccc(F)cc2F)cc1C=O. The molecule has 0 unspecified atom stereocenters. The average molecular weight is 378 g/mol. The van der Waals surface area contributed by atoms with Gasteiger partial charge in [0.15, 0.2) is 12.0 Å². The summed E-state index contributed by atoms with van der Waals surface area (Å²) in [7, 11) is 1.78. The van der Waals surface area contributed by atoms with Crippen molar-refractivity contribution >= 4 is 17.4 Å². The molecule has 0 fully saturated rings. The molecule has 0 radical (unpaired) electrons. The molecule has 1 heterocycles. The lowest BCUT2D eigenvalue weighted by atomic mass is 9.90. The third-order valence-corrected chi connectivity index (χ3v) is 4.64. The van der Waals surface area contributed by atoms with Gasteiger partial charge in [-0.1, -0.05) is 6.07 Å². The Morgan fingerprint density at radius 1 is 1.04 bits per heavy atom. The van der Waals surface area contributed by atoms with Gasteiger partial charge in [-0.05, 0) is 65.7 Å². The minimum absolute atomic E-state index is 0.218. The molecular weight excluding hydrogens is 362 g/mol. The van der Waals surface area contributed by atoms with Crippen LogP contribution in [0.25, 0.3) is 33.4 Å². The maximum atomic E-state index is 14.6. The van der Waals surface area contributed by atoms with Gasteiger partial charge in [0.25, 0.3) is 0 Å². The summed E-state index contributed by atoms with van der Waals surface area (Å²) in [5.41, 5.74) is 4.74. The van der Waals surface area contributed by atoms with Gasteiger partial charge in [0.2, 0.25) is 0 Å². The van der Waals surface area contributed by atoms with Crippen molar-refractivity contribution in [2.45, 2.75) is 6.54 Å². The molecule has 4 rings (SSSR count). The molecule has 140 valence electrons. The Balaban J connectivity index is 2.00. The van der Waals surface area contributed by atoms with Crippen molar-refractivity contribution in [2.24, 2.45) is 0 Å². The summed E-state index contributed by atoms with van der Waals surface area (Å²) in [6, 6.07) is 12.4. The number of benzene rings is 3. The Hall–Kier alpha value is -3.38. The van der Waals surface area contributed by atoms with Crippen molar-refractivity contribution in [1.82, 2.24) is 10.3 Å². The van der Waals surface area contributed by atoms with Gasteiger partial charge in [0.1, 0.15) is 23.4 Å². The van der Waals surface area contributed by atoms with E-state index in [2.05, 4.69) is 10.3 Å². The fourth-order valence-electron chi connectivity index (χ4n) is 3.31. The van der Waals surface area contributed by atoms with Gasteiger partial charge in [0.05, 0.1) is 0 Å². The van der Waals surface area contributed by atoms with Crippen LogP contribution >= 0.6 is 0 Å². The van der Waals surface area contributed by atoms with Crippen LogP contribution in [0.5, 0.6) is 0 Å². The highest BCUT2D eigenvalue weighted by Gasteiger charge is 2.17. The van der Waals surface area contributed by atoms with E-state index in [0.717, 1.165) is 23.5 Å². The summed E-state index contributed by atoms with van der Waals surface area (Å²) in [6.07, 6.45) is 2.10. The van der Waals surface area contributed by atoms with Gasteiger partial charge in [-0.2, -0.15) is 0 Å². The van der Waals surface area contributed by atoms with Crippen molar-refractivity contribution < 1.29 is 18.0 Å². The first kappa shape index (κ1) is 18.0. The molecule has 0 amide bonds. The van der Waals surface area contributed by atoms with Gasteiger partial charge in [0, 0.05) is 23.7 Å². The summed E-state index contributed by atoms with van der Waals surface area (Å²) in [5, 5.41) is 3.03. The van der Waals surface area contributed by atoms with E-state index < -0.39 is 11.6 Å². The molecule has 28 heavy (non-hydrogen) atoms. The van der Waals surface area contributed by atoms with E-state index in [1.54, 1.807) is 19.2 Å². The highest BCUT2D eigenvalue weighted by Crippen LogP contribution is 2.37. The second-order valence-electron chi connectivity index (χ2n) is 6.40. The molecule has 0 atom stereocenters. The van der Waals surface area contributed by atoms with Crippen molar-refractivity contribution in [1.29, 1.82) is 0 Å². The van der Waals surface area contributed by atoms with E-state index in [9.17, 15) is 13.6 Å². The second-order valence-corrected chi connectivity index (χ2v) is 6.40. The Bertz CT molecular complexity index is 1180. The minimum Gasteiger partial charge on any atom is -0.443 e. The van der Waals surface area contributed by atoms with Crippen molar-refractivity contribution in [2.75, 3.05) is 7.05 Å². The first-order valence-corrected chi connectivity index (χ1v) is 8.66. The number of halogens is 2. The van der Waals surface area contributed by atoms with E-state index in [1.165, 1.54) is 18.5 Å². The number of aromatic nitrogens is 1. The van der Waals surface area contributed by atoms with Crippen LogP contribution in [0, 0.1) is 11.6 Å². The largest absolute Gasteiger partial charge is 0.443 e. The maximum Gasteiger partial charge on any atom is 0.181 e. The van der Waals surface area contributed by atoms with E-state index >= 15 is 0 Å². The van der Waals surface area contributed by atoms with Crippen LogP contribution in [-0.2, 0) is 6.54 Å². The lowest BCUT2D eigenvalue weighted by molar-refractivity contribution is 0.112. The number of carbonyl (C=O) groups is 1. The van der Waals surface area contributed by atoms with Crippen LogP contribution in [0.3, 0.4) is 0 Å². The minimum atomic E-state index is -0.693. The second kappa shape index (κ2) is 7.32. The molecule has 0 aliphatic carbocycles. The highest BCUT2D eigenvalue weighted by molar-refractivity contribution is 5.92. The fourth-order valence-corrected chi connectivity index (χ4v) is 3.31. The summed E-state index contributed by atoms with van der Waals surface area (Å²) in [5.74, 6) is -1.35. The van der Waals surface area contributed by atoms with E-state index in [4.69, 9.17) is 4.42 Å². The summed E-state index contributed by atoms with van der Waals surface area (Å²) >= 11 is 0. The Morgan fingerprint density at radius 2 is 1.89 bits per heavy atom. The lowest BCUT2D eigenvalue weighted by Gasteiger charge is -2.15. The van der Waals surface area contributed by atoms with Gasteiger partial charge in [-0.3, -0.25) is 4.79 Å². The molecule has 0 spiro atoms. The molecule has 3 aromatic carbocycles. The maximum absolute atomic E-state index is 14.6. The standard InChI is InChI=1S/C22H16F2N2O2/c1-25-10-14-6-18(13-2-5-22-21(8-13)26-12-28-22)19(7-15(14)11-27)17-4-3-16(23)9-20(17)24/h2-9,11-12,25H,10H2,1H3. The number of oxazole rings is 1. The molecule has 1 aromatic heterocycles. The first-order valence-electron chi connectivity index (χ1n) is 8.66. The topological polar surface area (TPSA) is 55.1 Å². The molecule has 0 saturated heterocycles. The number of hydrogen-bond donors (Lipinski definition) is 1. The Morgan fingerprint density at radius 3 is 2.64 bits per heavy atom. The van der Waals surface area contributed by atoms with Crippen LogP contribution in [0.15, 0.2) is 59.3 Å².